The highest BCUT2D eigenvalue weighted by molar-refractivity contribution is 5.86. The Morgan fingerprint density at radius 1 is 1.21 bits per heavy atom. The zero-order chi connectivity index (χ0) is 17.0. The maximum Gasteiger partial charge on any atom is 0.139 e. The zero-order valence-corrected chi connectivity index (χ0v) is 15.4. The molecule has 0 bridgehead atoms. The Hall–Kier alpha value is -1.16. The van der Waals surface area contributed by atoms with E-state index in [1.807, 2.05) is 6.20 Å². The molecule has 2 heterocycles. The number of likely N-dealkylation sites (tertiary alicyclic amines) is 1. The van der Waals surface area contributed by atoms with Crippen molar-refractivity contribution in [3.63, 3.8) is 0 Å². The molecule has 1 aromatic rings. The maximum atomic E-state index is 13.1. The van der Waals surface area contributed by atoms with Gasteiger partial charge >= 0.3 is 0 Å². The van der Waals surface area contributed by atoms with Gasteiger partial charge in [-0.15, -0.1) is 0 Å². The van der Waals surface area contributed by atoms with E-state index in [1.165, 1.54) is 18.5 Å². The van der Waals surface area contributed by atoms with Crippen LogP contribution >= 0.6 is 0 Å². The van der Waals surface area contributed by atoms with Gasteiger partial charge in [0.05, 0.1) is 6.33 Å². The fraction of sp³-hybridized carbons (Fsp3) is 0.800. The molecule has 1 N–H and O–H groups in total. The lowest BCUT2D eigenvalue weighted by molar-refractivity contribution is -0.137. The first-order valence-corrected chi connectivity index (χ1v) is 9.84. The number of nitrogens with zero attached hydrogens (tertiary/aromatic N) is 2. The second-order valence-corrected chi connectivity index (χ2v) is 8.23. The van der Waals surface area contributed by atoms with E-state index >= 15 is 0 Å². The highest BCUT2D eigenvalue weighted by Crippen LogP contribution is 2.51. The lowest BCUT2D eigenvalue weighted by Gasteiger charge is -2.44. The largest absolute Gasteiger partial charge is 0.348 e. The Bertz CT molecular complexity index is 533. The third kappa shape index (κ3) is 3.58. The van der Waals surface area contributed by atoms with Crippen molar-refractivity contribution in [3.05, 3.63) is 18.2 Å². The Balaban J connectivity index is 1.57. The van der Waals surface area contributed by atoms with Gasteiger partial charge in [0.2, 0.25) is 0 Å². The highest BCUT2D eigenvalue weighted by atomic mass is 16.1. The van der Waals surface area contributed by atoms with Crippen LogP contribution in [-0.2, 0) is 11.2 Å². The fourth-order valence-corrected chi connectivity index (χ4v) is 5.14. The summed E-state index contributed by atoms with van der Waals surface area (Å²) in [6.07, 6.45) is 13.6. The molecule has 0 amide bonds. The minimum Gasteiger partial charge on any atom is -0.348 e. The van der Waals surface area contributed by atoms with E-state index in [2.05, 4.69) is 28.7 Å². The van der Waals surface area contributed by atoms with E-state index in [9.17, 15) is 4.79 Å². The summed E-state index contributed by atoms with van der Waals surface area (Å²) in [5, 5.41) is 0. The van der Waals surface area contributed by atoms with Crippen LogP contribution in [0.25, 0.3) is 0 Å². The van der Waals surface area contributed by atoms with E-state index in [1.54, 1.807) is 6.33 Å². The number of aromatic nitrogens is 2. The average Bonchev–Trinajstić information content (AvgIpc) is 3.20. The molecule has 1 aromatic heterocycles. The number of aromatic amines is 1. The third-order valence-electron chi connectivity index (χ3n) is 6.49. The van der Waals surface area contributed by atoms with Crippen molar-refractivity contribution in [2.24, 2.45) is 10.8 Å². The summed E-state index contributed by atoms with van der Waals surface area (Å²) in [4.78, 5) is 22.9. The van der Waals surface area contributed by atoms with E-state index < -0.39 is 0 Å². The minimum atomic E-state index is 0.0120. The number of carbonyl (C=O) groups is 1. The van der Waals surface area contributed by atoms with Gasteiger partial charge in [-0.05, 0) is 44.1 Å². The smallest absolute Gasteiger partial charge is 0.139 e. The van der Waals surface area contributed by atoms with Crippen LogP contribution in [0.2, 0.25) is 0 Å². The van der Waals surface area contributed by atoms with Crippen LogP contribution in [0.15, 0.2) is 12.5 Å². The van der Waals surface area contributed by atoms with Crippen molar-refractivity contribution in [1.29, 1.82) is 0 Å². The van der Waals surface area contributed by atoms with Crippen molar-refractivity contribution < 1.29 is 4.79 Å². The summed E-state index contributed by atoms with van der Waals surface area (Å²) in [7, 11) is 0. The number of hydrogen-bond donors (Lipinski definition) is 1. The Morgan fingerprint density at radius 2 is 2.00 bits per heavy atom. The van der Waals surface area contributed by atoms with Crippen molar-refractivity contribution >= 4 is 5.78 Å². The molecular formula is C20H33N3O. The number of H-pyrrole nitrogens is 1. The van der Waals surface area contributed by atoms with Crippen LogP contribution in [0.4, 0.5) is 0 Å². The molecule has 1 spiro atoms. The summed E-state index contributed by atoms with van der Waals surface area (Å²) in [5.74, 6) is 0.577. The molecule has 0 aromatic carbocycles. The van der Waals surface area contributed by atoms with Crippen molar-refractivity contribution in [2.45, 2.75) is 71.6 Å². The molecule has 3 rings (SSSR count). The number of Topliss-reactive ketones (excluding diaryl/α,β-unsaturated/α-hetero) is 1. The molecule has 1 unspecified atom stereocenters. The molecule has 134 valence electrons. The second-order valence-electron chi connectivity index (χ2n) is 8.23. The van der Waals surface area contributed by atoms with Gasteiger partial charge < -0.3 is 9.88 Å². The van der Waals surface area contributed by atoms with Gasteiger partial charge in [0, 0.05) is 43.2 Å². The second kappa shape index (κ2) is 7.38. The number of imidazole rings is 1. The van der Waals surface area contributed by atoms with Gasteiger partial charge in [0.25, 0.3) is 0 Å². The first kappa shape index (κ1) is 17.7. The fourth-order valence-electron chi connectivity index (χ4n) is 5.14. The Kier molecular flexibility index (Phi) is 5.43. The number of ketones is 1. The van der Waals surface area contributed by atoms with E-state index in [0.717, 1.165) is 64.6 Å². The van der Waals surface area contributed by atoms with Crippen molar-refractivity contribution in [1.82, 2.24) is 14.9 Å². The summed E-state index contributed by atoms with van der Waals surface area (Å²) < 4.78 is 0. The Labute approximate surface area is 146 Å². The Morgan fingerprint density at radius 3 is 2.62 bits per heavy atom. The summed E-state index contributed by atoms with van der Waals surface area (Å²) in [6.45, 7) is 7.79. The van der Waals surface area contributed by atoms with E-state index in [0.29, 0.717) is 5.78 Å². The quantitative estimate of drug-likeness (QED) is 0.822. The van der Waals surface area contributed by atoms with Crippen LogP contribution in [0.5, 0.6) is 0 Å². The van der Waals surface area contributed by atoms with Gasteiger partial charge in [-0.25, -0.2) is 4.98 Å². The standard InChI is InChI=1S/C20H33N3O/c1-3-6-20(7-4-2)9-8-19(13-18(20)24)10-12-23(15-19)11-5-17-14-21-16-22-17/h14,16H,3-13,15H2,1-2H3,(H,21,22). The third-order valence-corrected chi connectivity index (χ3v) is 6.49. The lowest BCUT2D eigenvalue weighted by Crippen LogP contribution is -2.43. The molecule has 2 aliphatic rings. The molecule has 4 heteroatoms. The lowest BCUT2D eigenvalue weighted by atomic mass is 9.59. The molecule has 4 nitrogen and oxygen atoms in total. The monoisotopic (exact) mass is 331 g/mol. The molecule has 2 fully saturated rings. The number of carbonyl (C=O) groups excluding carboxylic acids is 1. The first-order valence-electron chi connectivity index (χ1n) is 9.84. The minimum absolute atomic E-state index is 0.0120. The van der Waals surface area contributed by atoms with Gasteiger partial charge in [0.15, 0.2) is 0 Å². The summed E-state index contributed by atoms with van der Waals surface area (Å²) >= 11 is 0. The number of nitrogens with one attached hydrogen (secondary N) is 1. The molecule has 0 radical (unpaired) electrons. The van der Waals surface area contributed by atoms with Gasteiger partial charge in [-0.3, -0.25) is 4.79 Å². The molecule has 1 saturated heterocycles. The SMILES string of the molecule is CCCC1(CCC)CCC2(CCN(CCc3cnc[nH]3)C2)CC1=O. The molecule has 24 heavy (non-hydrogen) atoms. The molecule has 1 saturated carbocycles. The van der Waals surface area contributed by atoms with Crippen molar-refractivity contribution in [2.75, 3.05) is 19.6 Å². The predicted octanol–water partition coefficient (Wildman–Crippen LogP) is 3.98. The van der Waals surface area contributed by atoms with Crippen LogP contribution < -0.4 is 0 Å². The van der Waals surface area contributed by atoms with Gasteiger partial charge in [-0.1, -0.05) is 26.7 Å². The van der Waals surface area contributed by atoms with E-state index in [4.69, 9.17) is 0 Å². The van der Waals surface area contributed by atoms with Crippen molar-refractivity contribution in [3.8, 4) is 0 Å². The van der Waals surface area contributed by atoms with Gasteiger partial charge in [0.1, 0.15) is 5.78 Å². The zero-order valence-electron chi connectivity index (χ0n) is 15.4. The average molecular weight is 332 g/mol. The maximum absolute atomic E-state index is 13.1. The molecule has 1 aliphatic heterocycles. The number of rotatable bonds is 7. The molecular weight excluding hydrogens is 298 g/mol. The highest BCUT2D eigenvalue weighted by Gasteiger charge is 2.49. The summed E-state index contributed by atoms with van der Waals surface area (Å²) in [6, 6.07) is 0. The van der Waals surface area contributed by atoms with Gasteiger partial charge in [-0.2, -0.15) is 0 Å². The topological polar surface area (TPSA) is 49.0 Å². The predicted molar refractivity (Wildman–Crippen MR) is 96.9 cm³/mol. The first-order chi connectivity index (χ1) is 11.6. The normalized spacial score (nSPS) is 27.2. The van der Waals surface area contributed by atoms with Crippen LogP contribution in [0.1, 0.15) is 70.9 Å². The molecule has 1 aliphatic carbocycles. The van der Waals surface area contributed by atoms with Crippen LogP contribution in [-0.4, -0.2) is 40.3 Å². The van der Waals surface area contributed by atoms with Crippen LogP contribution in [0, 0.1) is 10.8 Å². The summed E-state index contributed by atoms with van der Waals surface area (Å²) in [5.41, 5.74) is 1.49. The molecule has 1 atom stereocenters. The van der Waals surface area contributed by atoms with E-state index in [-0.39, 0.29) is 10.8 Å². The van der Waals surface area contributed by atoms with Crippen LogP contribution in [0.3, 0.4) is 0 Å². The number of hydrogen-bond acceptors (Lipinski definition) is 3.